The third-order valence-corrected chi connectivity index (χ3v) is 4.85. The predicted molar refractivity (Wildman–Crippen MR) is 91.2 cm³/mol. The molecule has 1 rings (SSSR count). The number of unbranched alkanes of at least 4 members (excludes halogenated alkanes) is 1. The number of carbonyl (C=O) groups excluding carboxylic acids is 1. The summed E-state index contributed by atoms with van der Waals surface area (Å²) >= 11 is 5.55. The van der Waals surface area contributed by atoms with Crippen LogP contribution in [0.5, 0.6) is 0 Å². The lowest BCUT2D eigenvalue weighted by molar-refractivity contribution is -0.118. The number of carbonyl (C=O) groups is 1. The molecule has 3 N–H and O–H groups in total. The average molecular weight is 369 g/mol. The second kappa shape index (κ2) is 10.2. The molecule has 5 nitrogen and oxygen atoms in total. The highest BCUT2D eigenvalue weighted by atomic mass is 35.5. The minimum absolute atomic E-state index is 0. The van der Waals surface area contributed by atoms with Gasteiger partial charge in [-0.3, -0.25) is 4.79 Å². The first-order valence-electron chi connectivity index (χ1n) is 6.78. The lowest BCUT2D eigenvalue weighted by atomic mass is 10.1. The highest BCUT2D eigenvalue weighted by Crippen LogP contribution is 2.13. The van der Waals surface area contributed by atoms with E-state index in [0.29, 0.717) is 19.4 Å². The van der Waals surface area contributed by atoms with E-state index in [1.807, 2.05) is 6.92 Å². The molecule has 0 aliphatic rings. The molecule has 0 bridgehead atoms. The van der Waals surface area contributed by atoms with Gasteiger partial charge in [0.2, 0.25) is 10.0 Å². The summed E-state index contributed by atoms with van der Waals surface area (Å²) < 4.78 is 27.0. The first kappa shape index (κ1) is 21.3. The van der Waals surface area contributed by atoms with Crippen molar-refractivity contribution in [2.24, 2.45) is 5.73 Å². The Morgan fingerprint density at radius 1 is 1.27 bits per heavy atom. The van der Waals surface area contributed by atoms with Crippen LogP contribution in [0.25, 0.3) is 0 Å². The zero-order chi connectivity index (χ0) is 15.9. The molecule has 0 fully saturated rings. The van der Waals surface area contributed by atoms with Gasteiger partial charge in [0.1, 0.15) is 0 Å². The summed E-state index contributed by atoms with van der Waals surface area (Å²) in [5, 5.41) is 0. The Morgan fingerprint density at radius 3 is 2.36 bits per heavy atom. The van der Waals surface area contributed by atoms with Crippen molar-refractivity contribution in [1.29, 1.82) is 0 Å². The zero-order valence-corrected chi connectivity index (χ0v) is 14.8. The monoisotopic (exact) mass is 368 g/mol. The smallest absolute Gasteiger partial charge is 0.241 e. The van der Waals surface area contributed by atoms with Crippen LogP contribution in [0.3, 0.4) is 0 Å². The van der Waals surface area contributed by atoms with Crippen molar-refractivity contribution in [3.05, 3.63) is 29.8 Å². The molecule has 8 heteroatoms. The fourth-order valence-corrected chi connectivity index (χ4v) is 3.28. The molecule has 0 aromatic heterocycles. The molecule has 0 aliphatic heterocycles. The molecule has 0 heterocycles. The van der Waals surface area contributed by atoms with Crippen molar-refractivity contribution >= 4 is 39.8 Å². The van der Waals surface area contributed by atoms with Crippen LogP contribution in [-0.4, -0.2) is 32.7 Å². The van der Waals surface area contributed by atoms with E-state index in [1.165, 1.54) is 12.1 Å². The molecule has 1 aromatic rings. The van der Waals surface area contributed by atoms with Crippen molar-refractivity contribution in [3.63, 3.8) is 0 Å². The zero-order valence-electron chi connectivity index (χ0n) is 12.4. The third-order valence-electron chi connectivity index (χ3n) is 3.10. The molecular weight excluding hydrogens is 347 g/mol. The number of sulfonamides is 1. The number of hydrogen-bond acceptors (Lipinski definition) is 4. The van der Waals surface area contributed by atoms with Crippen molar-refractivity contribution in [3.8, 4) is 0 Å². The van der Waals surface area contributed by atoms with Gasteiger partial charge >= 0.3 is 0 Å². The van der Waals surface area contributed by atoms with E-state index in [4.69, 9.17) is 17.3 Å². The number of Topliss-reactive ketones (excluding diaryl/α,β-unsaturated/α-hetero) is 1. The van der Waals surface area contributed by atoms with E-state index in [2.05, 4.69) is 4.72 Å². The summed E-state index contributed by atoms with van der Waals surface area (Å²) in [6, 6.07) is 5.64. The molecular formula is C14H22Cl2N2O3S. The van der Waals surface area contributed by atoms with Crippen LogP contribution < -0.4 is 10.5 Å². The van der Waals surface area contributed by atoms with E-state index >= 15 is 0 Å². The minimum Gasteiger partial charge on any atom is -0.330 e. The van der Waals surface area contributed by atoms with Crippen molar-refractivity contribution in [2.75, 3.05) is 12.4 Å². The Bertz CT molecular complexity index is 562. The van der Waals surface area contributed by atoms with E-state index in [0.717, 1.165) is 12.0 Å². The van der Waals surface area contributed by atoms with Crippen LogP contribution in [0.2, 0.25) is 0 Å². The number of benzene rings is 1. The van der Waals surface area contributed by atoms with Crippen LogP contribution in [0.15, 0.2) is 29.2 Å². The number of aryl methyl sites for hydroxylation is 1. The predicted octanol–water partition coefficient (Wildman–Crippen LogP) is 2.00. The molecule has 0 saturated carbocycles. The van der Waals surface area contributed by atoms with E-state index in [1.54, 1.807) is 12.1 Å². The number of hydrogen-bond donors (Lipinski definition) is 2. The molecule has 0 spiro atoms. The normalized spacial score (nSPS) is 12.5. The molecule has 0 radical (unpaired) electrons. The topological polar surface area (TPSA) is 89.3 Å². The summed E-state index contributed by atoms with van der Waals surface area (Å²) in [4.78, 5) is 11.9. The third kappa shape index (κ3) is 6.62. The van der Waals surface area contributed by atoms with Gasteiger partial charge in [0.25, 0.3) is 0 Å². The summed E-state index contributed by atoms with van der Waals surface area (Å²) in [5.41, 5.74) is 6.37. The molecule has 1 aromatic carbocycles. The number of nitrogens with two attached hydrogens (primary N) is 1. The van der Waals surface area contributed by atoms with E-state index in [9.17, 15) is 13.2 Å². The Kier molecular flexibility index (Phi) is 9.87. The van der Waals surface area contributed by atoms with Gasteiger partial charge in [-0.2, -0.15) is 0 Å². The fraction of sp³-hybridized carbons (Fsp3) is 0.500. The van der Waals surface area contributed by atoms with Crippen LogP contribution >= 0.6 is 24.0 Å². The summed E-state index contributed by atoms with van der Waals surface area (Å²) in [6.45, 7) is 2.38. The molecule has 0 aliphatic carbocycles. The Balaban J connectivity index is 0.00000441. The maximum atomic E-state index is 12.3. The first-order chi connectivity index (χ1) is 9.90. The largest absolute Gasteiger partial charge is 0.330 e. The van der Waals surface area contributed by atoms with Gasteiger partial charge in [-0.15, -0.1) is 24.0 Å². The fourth-order valence-electron chi connectivity index (χ4n) is 1.84. The second-order valence-electron chi connectivity index (χ2n) is 4.87. The highest BCUT2D eigenvalue weighted by molar-refractivity contribution is 7.89. The number of ketones is 1. The molecule has 0 amide bonds. The Labute approximate surface area is 143 Å². The van der Waals surface area contributed by atoms with Crippen LogP contribution in [0, 0.1) is 6.92 Å². The Morgan fingerprint density at radius 2 is 1.86 bits per heavy atom. The molecule has 1 atom stereocenters. The quantitative estimate of drug-likeness (QED) is 0.515. The van der Waals surface area contributed by atoms with Gasteiger partial charge in [0.15, 0.2) is 5.78 Å². The number of alkyl halides is 1. The molecule has 22 heavy (non-hydrogen) atoms. The lowest BCUT2D eigenvalue weighted by Gasteiger charge is -2.16. The number of nitrogens with one attached hydrogen (secondary N) is 1. The molecule has 126 valence electrons. The van der Waals surface area contributed by atoms with Crippen LogP contribution in [0.1, 0.15) is 24.8 Å². The van der Waals surface area contributed by atoms with Gasteiger partial charge in [0.05, 0.1) is 16.8 Å². The highest BCUT2D eigenvalue weighted by Gasteiger charge is 2.24. The van der Waals surface area contributed by atoms with Crippen LogP contribution in [-0.2, 0) is 14.8 Å². The van der Waals surface area contributed by atoms with Gasteiger partial charge in [-0.25, -0.2) is 13.1 Å². The summed E-state index contributed by atoms with van der Waals surface area (Å²) in [5.74, 6) is -0.548. The average Bonchev–Trinajstić information content (AvgIpc) is 2.46. The molecule has 0 saturated heterocycles. The standard InChI is InChI=1S/C14H21ClN2O3S.ClH/c1-11-5-7-12(8-6-11)21(19,20)17-13(14(18)10-15)4-2-3-9-16;/h5-8,13,17H,2-4,9-10,16H2,1H3;1H. The van der Waals surface area contributed by atoms with Gasteiger partial charge in [-0.05, 0) is 38.4 Å². The van der Waals surface area contributed by atoms with Crippen molar-refractivity contribution in [1.82, 2.24) is 4.72 Å². The van der Waals surface area contributed by atoms with Gasteiger partial charge in [0, 0.05) is 0 Å². The number of rotatable bonds is 9. The maximum Gasteiger partial charge on any atom is 0.241 e. The SMILES string of the molecule is Cc1ccc(S(=O)(=O)NC(CCCCN)C(=O)CCl)cc1.Cl. The van der Waals surface area contributed by atoms with E-state index in [-0.39, 0.29) is 29.0 Å². The van der Waals surface area contributed by atoms with E-state index < -0.39 is 16.1 Å². The maximum absolute atomic E-state index is 12.3. The van der Waals surface area contributed by atoms with Crippen molar-refractivity contribution < 1.29 is 13.2 Å². The second-order valence-corrected chi connectivity index (χ2v) is 6.85. The lowest BCUT2D eigenvalue weighted by Crippen LogP contribution is -2.41. The van der Waals surface area contributed by atoms with Gasteiger partial charge < -0.3 is 5.73 Å². The minimum atomic E-state index is -3.73. The van der Waals surface area contributed by atoms with Gasteiger partial charge in [-0.1, -0.05) is 24.1 Å². The molecule has 1 unspecified atom stereocenters. The van der Waals surface area contributed by atoms with Crippen molar-refractivity contribution in [2.45, 2.75) is 37.1 Å². The summed E-state index contributed by atoms with van der Waals surface area (Å²) in [7, 11) is -3.73. The van der Waals surface area contributed by atoms with Crippen LogP contribution in [0.4, 0.5) is 0 Å². The Hall–Kier alpha value is -0.660. The number of halogens is 2. The summed E-state index contributed by atoms with van der Waals surface area (Å²) in [6.07, 6.45) is 1.80. The first-order valence-corrected chi connectivity index (χ1v) is 8.80.